The van der Waals surface area contributed by atoms with Crippen LogP contribution in [-0.2, 0) is 11.3 Å². The Morgan fingerprint density at radius 3 is 2.21 bits per heavy atom. The summed E-state index contributed by atoms with van der Waals surface area (Å²) in [5.41, 5.74) is 1.05. The number of hydrogen-bond acceptors (Lipinski definition) is 4. The maximum atomic E-state index is 12.2. The van der Waals surface area contributed by atoms with Gasteiger partial charge in [0.25, 0.3) is 0 Å². The predicted octanol–water partition coefficient (Wildman–Crippen LogP) is 2.41. The van der Waals surface area contributed by atoms with Crippen LogP contribution in [0.5, 0.6) is 5.75 Å². The summed E-state index contributed by atoms with van der Waals surface area (Å²) >= 11 is 0. The van der Waals surface area contributed by atoms with E-state index in [-0.39, 0.29) is 18.0 Å². The number of methoxy groups -OCH3 is 1. The second kappa shape index (κ2) is 11.0. The highest BCUT2D eigenvalue weighted by Crippen LogP contribution is 2.17. The SMILES string of the molecule is COc1ccc(CNC(=O)CN2CCC(NC(=O)NC3CCCCC3)CC2)cc1. The third-order valence-corrected chi connectivity index (χ3v) is 5.88. The molecule has 0 bridgehead atoms. The molecule has 7 heteroatoms. The summed E-state index contributed by atoms with van der Waals surface area (Å²) in [5, 5.41) is 9.19. The number of likely N-dealkylation sites (tertiary alicyclic amines) is 1. The summed E-state index contributed by atoms with van der Waals surface area (Å²) in [7, 11) is 1.64. The van der Waals surface area contributed by atoms with Crippen molar-refractivity contribution >= 4 is 11.9 Å². The topological polar surface area (TPSA) is 82.7 Å². The highest BCUT2D eigenvalue weighted by atomic mass is 16.5. The molecule has 0 aromatic heterocycles. The number of hydrogen-bond donors (Lipinski definition) is 3. The maximum Gasteiger partial charge on any atom is 0.315 e. The van der Waals surface area contributed by atoms with Crippen molar-refractivity contribution in [3.63, 3.8) is 0 Å². The number of rotatable bonds is 7. The lowest BCUT2D eigenvalue weighted by Crippen LogP contribution is -2.51. The number of carbonyl (C=O) groups excluding carboxylic acids is 2. The molecule has 1 aromatic rings. The average Bonchev–Trinajstić information content (AvgIpc) is 2.75. The first kappa shape index (κ1) is 21.4. The summed E-state index contributed by atoms with van der Waals surface area (Å²) in [6.07, 6.45) is 7.66. The zero-order valence-electron chi connectivity index (χ0n) is 17.4. The van der Waals surface area contributed by atoms with Crippen molar-refractivity contribution in [1.82, 2.24) is 20.9 Å². The molecule has 3 rings (SSSR count). The van der Waals surface area contributed by atoms with Gasteiger partial charge in [0.1, 0.15) is 5.75 Å². The van der Waals surface area contributed by atoms with Crippen molar-refractivity contribution in [3.8, 4) is 5.75 Å². The van der Waals surface area contributed by atoms with Crippen LogP contribution in [0.25, 0.3) is 0 Å². The van der Waals surface area contributed by atoms with Gasteiger partial charge in [-0.3, -0.25) is 9.69 Å². The Kier molecular flexibility index (Phi) is 8.16. The van der Waals surface area contributed by atoms with Gasteiger partial charge in [0.05, 0.1) is 13.7 Å². The fourth-order valence-electron chi connectivity index (χ4n) is 4.10. The molecule has 1 saturated heterocycles. The minimum atomic E-state index is -0.0346. The van der Waals surface area contributed by atoms with E-state index in [0.29, 0.717) is 19.1 Å². The summed E-state index contributed by atoms with van der Waals surface area (Å²) < 4.78 is 5.14. The molecule has 1 saturated carbocycles. The molecule has 0 spiro atoms. The van der Waals surface area contributed by atoms with Crippen molar-refractivity contribution < 1.29 is 14.3 Å². The predicted molar refractivity (Wildman–Crippen MR) is 113 cm³/mol. The number of carbonyl (C=O) groups is 2. The average molecular weight is 403 g/mol. The first-order chi connectivity index (χ1) is 14.1. The molecular formula is C22H34N4O3. The van der Waals surface area contributed by atoms with Gasteiger partial charge in [-0.25, -0.2) is 4.79 Å². The van der Waals surface area contributed by atoms with Gasteiger partial charge in [0.15, 0.2) is 0 Å². The number of piperidine rings is 1. The Balaban J connectivity index is 1.30. The summed E-state index contributed by atoms with van der Waals surface area (Å²) in [6.45, 7) is 2.56. The largest absolute Gasteiger partial charge is 0.497 e. The molecule has 2 fully saturated rings. The van der Waals surface area contributed by atoms with Crippen LogP contribution >= 0.6 is 0 Å². The quantitative estimate of drug-likeness (QED) is 0.654. The molecule has 0 radical (unpaired) electrons. The lowest BCUT2D eigenvalue weighted by molar-refractivity contribution is -0.122. The van der Waals surface area contributed by atoms with Gasteiger partial charge in [-0.15, -0.1) is 0 Å². The number of benzene rings is 1. The Hall–Kier alpha value is -2.28. The Bertz CT molecular complexity index is 651. The van der Waals surface area contributed by atoms with E-state index in [2.05, 4.69) is 20.9 Å². The molecule has 0 unspecified atom stereocenters. The number of nitrogens with zero attached hydrogens (tertiary/aromatic N) is 1. The number of urea groups is 1. The van der Waals surface area contributed by atoms with Crippen molar-refractivity contribution in [3.05, 3.63) is 29.8 Å². The molecule has 1 aromatic carbocycles. The first-order valence-corrected chi connectivity index (χ1v) is 10.8. The van der Waals surface area contributed by atoms with E-state index < -0.39 is 0 Å². The normalized spacial score (nSPS) is 18.8. The summed E-state index contributed by atoms with van der Waals surface area (Å²) in [6, 6.07) is 8.18. The van der Waals surface area contributed by atoms with E-state index >= 15 is 0 Å². The lowest BCUT2D eigenvalue weighted by Gasteiger charge is -2.32. The lowest BCUT2D eigenvalue weighted by atomic mass is 9.96. The second-order valence-electron chi connectivity index (χ2n) is 8.13. The number of amides is 3. The summed E-state index contributed by atoms with van der Waals surface area (Å²) in [5.74, 6) is 0.839. The molecule has 7 nitrogen and oxygen atoms in total. The van der Waals surface area contributed by atoms with Gasteiger partial charge in [-0.1, -0.05) is 31.4 Å². The summed E-state index contributed by atoms with van der Waals surface area (Å²) in [4.78, 5) is 26.6. The van der Waals surface area contributed by atoms with E-state index in [1.165, 1.54) is 19.3 Å². The van der Waals surface area contributed by atoms with Crippen LogP contribution in [-0.4, -0.2) is 55.7 Å². The maximum absolute atomic E-state index is 12.2. The van der Waals surface area contributed by atoms with E-state index in [0.717, 1.165) is 50.1 Å². The highest BCUT2D eigenvalue weighted by Gasteiger charge is 2.23. The van der Waals surface area contributed by atoms with Gasteiger partial charge >= 0.3 is 6.03 Å². The van der Waals surface area contributed by atoms with E-state index in [1.807, 2.05) is 24.3 Å². The van der Waals surface area contributed by atoms with Crippen LogP contribution < -0.4 is 20.7 Å². The molecule has 0 atom stereocenters. The molecule has 1 aliphatic heterocycles. The number of nitrogens with one attached hydrogen (secondary N) is 3. The van der Waals surface area contributed by atoms with Crippen LogP contribution in [0.15, 0.2) is 24.3 Å². The van der Waals surface area contributed by atoms with Crippen LogP contribution in [0.4, 0.5) is 4.79 Å². The minimum absolute atomic E-state index is 0.0299. The smallest absolute Gasteiger partial charge is 0.315 e. The van der Waals surface area contributed by atoms with Crippen LogP contribution in [0.1, 0.15) is 50.5 Å². The molecule has 160 valence electrons. The van der Waals surface area contributed by atoms with Gasteiger partial charge in [-0.05, 0) is 43.4 Å². The van der Waals surface area contributed by atoms with E-state index in [4.69, 9.17) is 4.74 Å². The highest BCUT2D eigenvalue weighted by molar-refractivity contribution is 5.78. The molecular weight excluding hydrogens is 368 g/mol. The monoisotopic (exact) mass is 402 g/mol. The first-order valence-electron chi connectivity index (χ1n) is 10.8. The van der Waals surface area contributed by atoms with Crippen LogP contribution in [0.2, 0.25) is 0 Å². The van der Waals surface area contributed by atoms with Crippen molar-refractivity contribution in [2.24, 2.45) is 0 Å². The molecule has 2 aliphatic rings. The third kappa shape index (κ3) is 7.24. The zero-order chi connectivity index (χ0) is 20.5. The molecule has 1 aliphatic carbocycles. The standard InChI is InChI=1S/C22H34N4O3/c1-29-20-9-7-17(8-10-20)15-23-21(27)16-26-13-11-19(12-14-26)25-22(28)24-18-5-3-2-4-6-18/h7-10,18-19H,2-6,11-16H2,1H3,(H,23,27)(H2,24,25,28). The Morgan fingerprint density at radius 2 is 1.59 bits per heavy atom. The van der Waals surface area contributed by atoms with Gasteiger partial charge in [-0.2, -0.15) is 0 Å². The Labute approximate surface area is 173 Å². The third-order valence-electron chi connectivity index (χ3n) is 5.88. The molecule has 29 heavy (non-hydrogen) atoms. The van der Waals surface area contributed by atoms with Gasteiger partial charge in [0.2, 0.25) is 5.91 Å². The van der Waals surface area contributed by atoms with Crippen LogP contribution in [0, 0.1) is 0 Å². The zero-order valence-corrected chi connectivity index (χ0v) is 17.4. The van der Waals surface area contributed by atoms with E-state index in [1.54, 1.807) is 7.11 Å². The second-order valence-corrected chi connectivity index (χ2v) is 8.13. The van der Waals surface area contributed by atoms with E-state index in [9.17, 15) is 9.59 Å². The molecule has 3 N–H and O–H groups in total. The Morgan fingerprint density at radius 1 is 0.966 bits per heavy atom. The van der Waals surface area contributed by atoms with Crippen LogP contribution in [0.3, 0.4) is 0 Å². The fourth-order valence-corrected chi connectivity index (χ4v) is 4.10. The van der Waals surface area contributed by atoms with Gasteiger partial charge in [0, 0.05) is 31.7 Å². The van der Waals surface area contributed by atoms with Crippen molar-refractivity contribution in [2.75, 3.05) is 26.7 Å². The number of ether oxygens (including phenoxy) is 1. The minimum Gasteiger partial charge on any atom is -0.497 e. The van der Waals surface area contributed by atoms with Crippen molar-refractivity contribution in [2.45, 2.75) is 63.6 Å². The van der Waals surface area contributed by atoms with Gasteiger partial charge < -0.3 is 20.7 Å². The molecule has 3 amide bonds. The molecule has 1 heterocycles. The fraction of sp³-hybridized carbons (Fsp3) is 0.636. The van der Waals surface area contributed by atoms with Crippen molar-refractivity contribution in [1.29, 1.82) is 0 Å².